The van der Waals surface area contributed by atoms with Gasteiger partial charge in [-0.05, 0) is 145 Å². The highest BCUT2D eigenvalue weighted by molar-refractivity contribution is 6.00. The summed E-state index contributed by atoms with van der Waals surface area (Å²) in [6, 6.07) is 26.5. The standard InChI is InChI=1S/C61H52F4N6O5/c62-56-55(57(63)59(65)60(58(56)64)66-28-7-3-4-8-29-67-61(75)76-33-42-40-18-5-1-2-6-19-41(40)42)54-49-26-24-47(70-49)52(35-13-10-16-38(73)31-35)45-22-20-43(68-45)51(34-12-9-15-37(72)30-34)44-21-23-46(69-44)53(48-25-27-50(54)71-48)36-14-11-17-39(74)32-36/h9-17,20-27,30-32,40-42,66,68,71-74H,3-8,18-19,28-29,33H2,(H,67,75)/t40-,41+,42-. The van der Waals surface area contributed by atoms with Crippen LogP contribution in [0.2, 0.25) is 0 Å². The number of benzene rings is 4. The van der Waals surface area contributed by atoms with E-state index in [0.717, 1.165) is 25.7 Å². The summed E-state index contributed by atoms with van der Waals surface area (Å²) < 4.78 is 72.2. The second-order valence-corrected chi connectivity index (χ2v) is 19.4. The van der Waals surface area contributed by atoms with Gasteiger partial charge in [0.1, 0.15) is 22.9 Å². The Kier molecular flexibility index (Phi) is 13.8. The molecule has 2 aliphatic carbocycles. The van der Waals surface area contributed by atoms with E-state index in [1.165, 1.54) is 24.3 Å². The van der Waals surface area contributed by atoms with Crippen molar-refractivity contribution < 1.29 is 42.4 Å². The first-order valence-corrected chi connectivity index (χ1v) is 25.5. The molecule has 2 aliphatic heterocycles. The van der Waals surface area contributed by atoms with Crippen LogP contribution in [-0.4, -0.2) is 61.0 Å². The molecule has 0 spiro atoms. The largest absolute Gasteiger partial charge is 0.508 e. The zero-order chi connectivity index (χ0) is 52.5. The average Bonchev–Trinajstić information content (AvgIpc) is 4.13. The summed E-state index contributed by atoms with van der Waals surface area (Å²) in [4.78, 5) is 29.2. The molecule has 3 aromatic heterocycles. The number of nitrogens with zero attached hydrogens (tertiary/aromatic N) is 2. The van der Waals surface area contributed by atoms with E-state index in [2.05, 4.69) is 32.4 Å². The minimum absolute atomic E-state index is 0.00688. The van der Waals surface area contributed by atoms with E-state index in [-0.39, 0.29) is 46.3 Å². The molecule has 0 unspecified atom stereocenters. The van der Waals surface area contributed by atoms with Crippen LogP contribution in [0.1, 0.15) is 74.1 Å². The first kappa shape index (κ1) is 49.4. The molecule has 0 radical (unpaired) electrons. The number of carbonyl (C=O) groups is 1. The second-order valence-electron chi connectivity index (χ2n) is 19.4. The molecular formula is C61H52F4N6O5. The fourth-order valence-electron chi connectivity index (χ4n) is 10.9. The Morgan fingerprint density at radius 3 is 1.42 bits per heavy atom. The van der Waals surface area contributed by atoms with Crippen molar-refractivity contribution in [2.24, 2.45) is 17.8 Å². The maximum absolute atomic E-state index is 16.9. The Hall–Kier alpha value is -8.77. The highest BCUT2D eigenvalue weighted by Crippen LogP contribution is 2.52. The minimum atomic E-state index is -1.65. The van der Waals surface area contributed by atoms with E-state index in [1.54, 1.807) is 72.8 Å². The number of H-pyrrole nitrogens is 2. The van der Waals surface area contributed by atoms with Crippen LogP contribution < -0.4 is 10.6 Å². The van der Waals surface area contributed by atoms with Crippen molar-refractivity contribution in [3.05, 3.63) is 143 Å². The van der Waals surface area contributed by atoms with Crippen LogP contribution in [0.25, 0.3) is 90.9 Å². The number of unbranched alkanes of at least 4 members (excludes halogenated alkanes) is 3. The molecule has 4 aliphatic rings. The third kappa shape index (κ3) is 9.98. The highest BCUT2D eigenvalue weighted by Gasteiger charge is 2.49. The summed E-state index contributed by atoms with van der Waals surface area (Å²) >= 11 is 0. The van der Waals surface area contributed by atoms with Gasteiger partial charge in [-0.25, -0.2) is 32.3 Å². The van der Waals surface area contributed by atoms with Gasteiger partial charge in [0.05, 0.1) is 34.9 Å². The monoisotopic (exact) mass is 1020 g/mol. The molecule has 1 saturated carbocycles. The lowest BCUT2D eigenvalue weighted by Crippen LogP contribution is -2.26. The van der Waals surface area contributed by atoms with Gasteiger partial charge in [-0.1, -0.05) is 49.2 Å². The van der Waals surface area contributed by atoms with Gasteiger partial charge in [0, 0.05) is 70.3 Å². The van der Waals surface area contributed by atoms with Crippen LogP contribution in [0.5, 0.6) is 17.2 Å². The summed E-state index contributed by atoms with van der Waals surface area (Å²) in [7, 11) is 0. The second kappa shape index (κ2) is 21.2. The van der Waals surface area contributed by atoms with Crippen molar-refractivity contribution in [3.8, 4) is 73.6 Å². The molecule has 7 aromatic rings. The lowest BCUT2D eigenvalue weighted by Gasteiger charge is -2.14. The van der Waals surface area contributed by atoms with Gasteiger partial charge in [0.2, 0.25) is 0 Å². The van der Waals surface area contributed by atoms with Crippen molar-refractivity contribution in [2.75, 3.05) is 25.0 Å². The number of fused-ring (bicyclic) bond motifs is 9. The normalized spacial score (nSPS) is 16.3. The first-order chi connectivity index (χ1) is 37.0. The molecule has 5 heterocycles. The SMILES string of the molecule is O=C(NCCCCCCNc1c(F)c(F)c(-c2c3nc(c(-c4cccc(O)c4)c4ccc([nH]4)c(-c4cccc(O)c4)c4nc(c(-c5cccc(O)c5)c5ccc2[nH]5)C=C4)C=C3)c(F)c1F)OC[C@@H]1[C@@H]2CCC#CCC[C@@H]21. The molecule has 1 fully saturated rings. The van der Waals surface area contributed by atoms with Crippen molar-refractivity contribution >= 4 is 58.2 Å². The van der Waals surface area contributed by atoms with Crippen LogP contribution in [0, 0.1) is 52.9 Å². The number of carbonyl (C=O) groups excluding carboxylic acids is 1. The number of aromatic nitrogens is 4. The smallest absolute Gasteiger partial charge is 0.407 e. The average molecular weight is 1030 g/mol. The van der Waals surface area contributed by atoms with Crippen molar-refractivity contribution in [2.45, 2.75) is 51.4 Å². The van der Waals surface area contributed by atoms with E-state index in [4.69, 9.17) is 14.7 Å². The van der Waals surface area contributed by atoms with Gasteiger partial charge in [-0.3, -0.25) is 0 Å². The predicted octanol–water partition coefficient (Wildman–Crippen LogP) is 14.1. The number of rotatable bonds is 14. The number of amides is 1. The molecule has 1 amide bonds. The fourth-order valence-corrected chi connectivity index (χ4v) is 10.9. The molecule has 3 atom stereocenters. The molecule has 11 rings (SSSR count). The number of phenols is 3. The van der Waals surface area contributed by atoms with Crippen LogP contribution in [0.4, 0.5) is 28.0 Å². The number of aromatic amines is 2. The number of anilines is 1. The molecule has 76 heavy (non-hydrogen) atoms. The topological polar surface area (TPSA) is 168 Å². The van der Waals surface area contributed by atoms with Gasteiger partial charge in [-0.2, -0.15) is 0 Å². The molecule has 8 bridgehead atoms. The third-order valence-corrected chi connectivity index (χ3v) is 14.6. The molecule has 384 valence electrons. The third-order valence-electron chi connectivity index (χ3n) is 14.6. The van der Waals surface area contributed by atoms with E-state index in [1.807, 2.05) is 24.3 Å². The zero-order valence-corrected chi connectivity index (χ0v) is 41.1. The number of halogens is 4. The Balaban J connectivity index is 0.946. The van der Waals surface area contributed by atoms with Crippen molar-refractivity contribution in [1.82, 2.24) is 25.3 Å². The first-order valence-electron chi connectivity index (χ1n) is 25.5. The Morgan fingerprint density at radius 2 is 0.974 bits per heavy atom. The Bertz CT molecular complexity index is 3650. The number of alkyl carbamates (subject to hydrolysis) is 1. The van der Waals surface area contributed by atoms with Gasteiger partial charge < -0.3 is 40.7 Å². The molecule has 11 nitrogen and oxygen atoms in total. The predicted molar refractivity (Wildman–Crippen MR) is 288 cm³/mol. The molecule has 15 heteroatoms. The van der Waals surface area contributed by atoms with Gasteiger partial charge in [0.25, 0.3) is 0 Å². The van der Waals surface area contributed by atoms with E-state index >= 15 is 17.6 Å². The minimum Gasteiger partial charge on any atom is -0.508 e. The van der Waals surface area contributed by atoms with Gasteiger partial charge in [0.15, 0.2) is 23.3 Å². The lowest BCUT2D eigenvalue weighted by molar-refractivity contribution is 0.137. The number of phenolic OH excluding ortho intramolecular Hbond substituents is 3. The molecule has 4 aromatic carbocycles. The Morgan fingerprint density at radius 1 is 0.553 bits per heavy atom. The summed E-state index contributed by atoms with van der Waals surface area (Å²) in [5.41, 5.74) is 3.71. The summed E-state index contributed by atoms with van der Waals surface area (Å²) in [5, 5.41) is 37.5. The van der Waals surface area contributed by atoms with Gasteiger partial charge in [-0.15, -0.1) is 11.8 Å². The zero-order valence-electron chi connectivity index (χ0n) is 41.1. The van der Waals surface area contributed by atoms with E-state index in [0.29, 0.717) is 118 Å². The van der Waals surface area contributed by atoms with Crippen LogP contribution in [0.15, 0.2) is 97.1 Å². The number of nitrogens with one attached hydrogen (secondary N) is 4. The van der Waals surface area contributed by atoms with Crippen LogP contribution in [-0.2, 0) is 4.74 Å². The number of ether oxygens (including phenoxy) is 1. The van der Waals surface area contributed by atoms with E-state index in [9.17, 15) is 20.1 Å². The lowest BCUT2D eigenvalue weighted by atomic mass is 10.0. The maximum Gasteiger partial charge on any atom is 0.407 e. The number of aromatic hydroxyl groups is 3. The molecular weight excluding hydrogens is 973 g/mol. The fraction of sp³-hybridized carbons (Fsp3) is 0.230. The molecule has 7 N–H and O–H groups in total. The maximum atomic E-state index is 16.9. The van der Waals surface area contributed by atoms with Crippen LogP contribution >= 0.6 is 0 Å². The van der Waals surface area contributed by atoms with Crippen molar-refractivity contribution in [1.29, 1.82) is 0 Å². The van der Waals surface area contributed by atoms with Crippen LogP contribution in [0.3, 0.4) is 0 Å². The Labute approximate surface area is 435 Å². The molecule has 0 saturated heterocycles. The van der Waals surface area contributed by atoms with Crippen molar-refractivity contribution in [3.63, 3.8) is 0 Å². The summed E-state index contributed by atoms with van der Waals surface area (Å²) in [5.74, 6) is 1.33. The summed E-state index contributed by atoms with van der Waals surface area (Å²) in [6.07, 6.45) is 12.4. The number of hydrogen-bond acceptors (Lipinski definition) is 8. The highest BCUT2D eigenvalue weighted by atomic mass is 19.2. The summed E-state index contributed by atoms with van der Waals surface area (Å²) in [6.45, 7) is 0.798. The van der Waals surface area contributed by atoms with Gasteiger partial charge >= 0.3 is 6.09 Å². The number of hydrogen-bond donors (Lipinski definition) is 7. The van der Waals surface area contributed by atoms with E-state index < -0.39 is 40.6 Å². The quantitative estimate of drug-likeness (QED) is 0.0244.